The fourth-order valence-electron chi connectivity index (χ4n) is 1.14. The lowest BCUT2D eigenvalue weighted by Crippen LogP contribution is -2.00. The minimum atomic E-state index is -0.384. The highest BCUT2D eigenvalue weighted by molar-refractivity contribution is 6.33. The van der Waals surface area contributed by atoms with Gasteiger partial charge in [-0.2, -0.15) is 4.79 Å². The van der Waals surface area contributed by atoms with Gasteiger partial charge in [0.05, 0.1) is 0 Å². The first-order chi connectivity index (χ1) is 6.81. The lowest BCUT2D eigenvalue weighted by Gasteiger charge is -1.90. The topological polar surface area (TPSA) is 79.5 Å². The number of Topliss-reactive ketones (excluding diaryl/α,β-unsaturated/α-hetero) is 1. The normalized spacial score (nSPS) is 9.71. The highest BCUT2D eigenvalue weighted by Gasteiger charge is 2.08. The minimum Gasteiger partial charge on any atom is -0.443 e. The highest BCUT2D eigenvalue weighted by atomic mass is 16.3. The molecule has 0 amide bonds. The molecule has 0 aliphatic rings. The van der Waals surface area contributed by atoms with Crippen molar-refractivity contribution in [2.45, 2.75) is 0 Å². The van der Waals surface area contributed by atoms with E-state index in [1.165, 1.54) is 6.39 Å². The van der Waals surface area contributed by atoms with Crippen LogP contribution in [0.25, 0.3) is 16.6 Å². The zero-order valence-electron chi connectivity index (χ0n) is 7.04. The molecule has 0 aliphatic heterocycles. The van der Waals surface area contributed by atoms with E-state index >= 15 is 0 Å². The SMILES string of the molecule is [N-]=[N+]=CC(=O)c1ccc2ncoc2c1. The second-order valence-corrected chi connectivity index (χ2v) is 2.64. The zero-order valence-corrected chi connectivity index (χ0v) is 7.04. The quantitative estimate of drug-likeness (QED) is 0.307. The van der Waals surface area contributed by atoms with Gasteiger partial charge in [0.25, 0.3) is 5.78 Å². The van der Waals surface area contributed by atoms with Crippen LogP contribution in [0.2, 0.25) is 0 Å². The van der Waals surface area contributed by atoms with Crippen molar-refractivity contribution in [2.75, 3.05) is 0 Å². The number of hydrogen-bond donors (Lipinski definition) is 0. The number of nitrogens with zero attached hydrogens (tertiary/aromatic N) is 3. The number of rotatable bonds is 2. The number of benzene rings is 1. The summed E-state index contributed by atoms with van der Waals surface area (Å²) in [5, 5.41) is 0. The fraction of sp³-hybridized carbons (Fsp3) is 0. The van der Waals surface area contributed by atoms with Crippen molar-refractivity contribution in [2.24, 2.45) is 0 Å². The number of hydrogen-bond acceptors (Lipinski definition) is 3. The van der Waals surface area contributed by atoms with Crippen LogP contribution >= 0.6 is 0 Å². The molecule has 0 aliphatic carbocycles. The Hall–Kier alpha value is -2.26. The Morgan fingerprint density at radius 2 is 2.43 bits per heavy atom. The first-order valence-electron chi connectivity index (χ1n) is 3.86. The molecule has 0 fully saturated rings. The van der Waals surface area contributed by atoms with E-state index in [0.29, 0.717) is 16.7 Å². The monoisotopic (exact) mass is 187 g/mol. The zero-order chi connectivity index (χ0) is 9.97. The van der Waals surface area contributed by atoms with E-state index in [1.54, 1.807) is 18.2 Å². The molecule has 0 saturated carbocycles. The third-order valence-corrected chi connectivity index (χ3v) is 1.79. The summed E-state index contributed by atoms with van der Waals surface area (Å²) in [6, 6.07) is 4.80. The summed E-state index contributed by atoms with van der Waals surface area (Å²) in [5.74, 6) is -0.384. The van der Waals surface area contributed by atoms with E-state index in [4.69, 9.17) is 9.95 Å². The molecule has 0 atom stereocenters. The molecule has 0 radical (unpaired) electrons. The van der Waals surface area contributed by atoms with Gasteiger partial charge in [-0.15, -0.1) is 0 Å². The van der Waals surface area contributed by atoms with Gasteiger partial charge in [0.2, 0.25) is 0 Å². The third-order valence-electron chi connectivity index (χ3n) is 1.79. The number of ketones is 1. The van der Waals surface area contributed by atoms with Gasteiger partial charge in [-0.1, -0.05) is 0 Å². The summed E-state index contributed by atoms with van der Waals surface area (Å²) in [5.41, 5.74) is 9.79. The largest absolute Gasteiger partial charge is 0.443 e. The maximum atomic E-state index is 11.2. The van der Waals surface area contributed by atoms with Crippen LogP contribution in [0.15, 0.2) is 29.0 Å². The molecule has 0 unspecified atom stereocenters. The van der Waals surface area contributed by atoms with E-state index in [-0.39, 0.29) is 5.78 Å². The Labute approximate surface area is 78.6 Å². The number of fused-ring (bicyclic) bond motifs is 1. The number of aromatic nitrogens is 1. The van der Waals surface area contributed by atoms with Crippen molar-refractivity contribution in [1.29, 1.82) is 0 Å². The van der Waals surface area contributed by atoms with Crippen LogP contribution in [-0.4, -0.2) is 21.8 Å². The standard InChI is InChI=1S/C9H5N3O2/c10-12-4-8(13)6-1-2-7-9(3-6)14-5-11-7/h1-5H. The van der Waals surface area contributed by atoms with Gasteiger partial charge in [-0.25, -0.2) is 4.98 Å². The summed E-state index contributed by atoms with van der Waals surface area (Å²) in [7, 11) is 0. The molecule has 2 aromatic rings. The Morgan fingerprint density at radius 1 is 1.57 bits per heavy atom. The molecule has 68 valence electrons. The Kier molecular flexibility index (Phi) is 1.93. The predicted molar refractivity (Wildman–Crippen MR) is 48.0 cm³/mol. The molecule has 5 heteroatoms. The van der Waals surface area contributed by atoms with Gasteiger partial charge in [0.15, 0.2) is 12.0 Å². The number of carbonyl (C=O) groups is 1. The molecule has 1 aromatic carbocycles. The second kappa shape index (κ2) is 3.24. The molecular weight excluding hydrogens is 182 g/mol. The third kappa shape index (κ3) is 1.32. The summed E-state index contributed by atoms with van der Waals surface area (Å²) in [4.78, 5) is 17.8. The highest BCUT2D eigenvalue weighted by Crippen LogP contribution is 2.13. The predicted octanol–water partition coefficient (Wildman–Crippen LogP) is 1.31. The minimum absolute atomic E-state index is 0.384. The molecular formula is C9H5N3O2. The van der Waals surface area contributed by atoms with Crippen LogP contribution < -0.4 is 0 Å². The Bertz CT molecular complexity index is 538. The van der Waals surface area contributed by atoms with Crippen LogP contribution in [0.3, 0.4) is 0 Å². The molecule has 1 heterocycles. The first-order valence-corrected chi connectivity index (χ1v) is 3.86. The van der Waals surface area contributed by atoms with Crippen LogP contribution in [-0.2, 0) is 0 Å². The number of carbonyl (C=O) groups excluding carboxylic acids is 1. The molecule has 0 N–H and O–H groups in total. The Morgan fingerprint density at radius 3 is 3.21 bits per heavy atom. The number of oxazole rings is 1. The van der Waals surface area contributed by atoms with Crippen LogP contribution in [0.4, 0.5) is 0 Å². The van der Waals surface area contributed by atoms with Crippen molar-refractivity contribution < 1.29 is 14.0 Å². The van der Waals surface area contributed by atoms with Crippen molar-refractivity contribution >= 4 is 23.1 Å². The molecule has 14 heavy (non-hydrogen) atoms. The van der Waals surface area contributed by atoms with Crippen LogP contribution in [0, 0.1) is 0 Å². The molecule has 5 nitrogen and oxygen atoms in total. The van der Waals surface area contributed by atoms with Crippen molar-refractivity contribution in [3.63, 3.8) is 0 Å². The molecule has 0 bridgehead atoms. The van der Waals surface area contributed by atoms with Gasteiger partial charge >= 0.3 is 6.21 Å². The van der Waals surface area contributed by atoms with Crippen molar-refractivity contribution in [3.8, 4) is 0 Å². The van der Waals surface area contributed by atoms with E-state index in [0.717, 1.165) is 6.21 Å². The van der Waals surface area contributed by atoms with Gasteiger partial charge in [0.1, 0.15) is 5.52 Å². The maximum Gasteiger partial charge on any atom is 0.328 e. The van der Waals surface area contributed by atoms with E-state index in [1.807, 2.05) is 0 Å². The lowest BCUT2D eigenvalue weighted by molar-refractivity contribution is 0.00235. The summed E-state index contributed by atoms with van der Waals surface area (Å²) in [6.07, 6.45) is 2.14. The molecule has 0 spiro atoms. The van der Waals surface area contributed by atoms with Gasteiger partial charge in [0, 0.05) is 5.56 Å². The van der Waals surface area contributed by atoms with E-state index in [9.17, 15) is 4.79 Å². The average molecular weight is 187 g/mol. The van der Waals surface area contributed by atoms with Gasteiger partial charge < -0.3 is 9.95 Å². The summed E-state index contributed by atoms with van der Waals surface area (Å²) in [6.45, 7) is 0. The summed E-state index contributed by atoms with van der Waals surface area (Å²) >= 11 is 0. The summed E-state index contributed by atoms with van der Waals surface area (Å²) < 4.78 is 5.02. The second-order valence-electron chi connectivity index (χ2n) is 2.64. The average Bonchev–Trinajstić information content (AvgIpc) is 2.64. The molecule has 2 rings (SSSR count). The van der Waals surface area contributed by atoms with Gasteiger partial charge in [-0.05, 0) is 18.2 Å². The smallest absolute Gasteiger partial charge is 0.328 e. The Balaban J connectivity index is 2.53. The lowest BCUT2D eigenvalue weighted by atomic mass is 10.1. The fourth-order valence-corrected chi connectivity index (χ4v) is 1.14. The first kappa shape index (κ1) is 8.34. The van der Waals surface area contributed by atoms with Crippen LogP contribution in [0.1, 0.15) is 10.4 Å². The molecule has 0 saturated heterocycles. The van der Waals surface area contributed by atoms with Crippen LogP contribution in [0.5, 0.6) is 0 Å². The van der Waals surface area contributed by atoms with Gasteiger partial charge in [-0.3, -0.25) is 4.79 Å². The van der Waals surface area contributed by atoms with Crippen molar-refractivity contribution in [1.82, 2.24) is 4.98 Å². The maximum absolute atomic E-state index is 11.2. The molecule has 1 aromatic heterocycles. The van der Waals surface area contributed by atoms with Crippen molar-refractivity contribution in [3.05, 3.63) is 35.7 Å². The van der Waals surface area contributed by atoms with E-state index in [2.05, 4.69) is 9.77 Å². The van der Waals surface area contributed by atoms with E-state index < -0.39 is 0 Å².